The maximum atomic E-state index is 6.34. The fourth-order valence-electron chi connectivity index (χ4n) is 2.60. The van der Waals surface area contributed by atoms with E-state index in [4.69, 9.17) is 16.7 Å². The summed E-state index contributed by atoms with van der Waals surface area (Å²) in [6.07, 6.45) is 3.41. The molecule has 110 valence electrons. The Balaban J connectivity index is 2.41. The lowest BCUT2D eigenvalue weighted by Crippen LogP contribution is -2.12. The van der Waals surface area contributed by atoms with E-state index in [9.17, 15) is 0 Å². The van der Waals surface area contributed by atoms with Crippen LogP contribution in [0.5, 0.6) is 0 Å². The lowest BCUT2D eigenvalue weighted by molar-refractivity contribution is 0.552. The van der Waals surface area contributed by atoms with Gasteiger partial charge in [0.05, 0.1) is 11.1 Å². The van der Waals surface area contributed by atoms with Crippen molar-refractivity contribution < 1.29 is 0 Å². The van der Waals surface area contributed by atoms with Gasteiger partial charge in [-0.1, -0.05) is 13.8 Å². The monoisotopic (exact) mass is 295 g/mol. The largest absolute Gasteiger partial charge is 0.261 e. The number of aromatic nitrogens is 5. The van der Waals surface area contributed by atoms with Crippen LogP contribution in [0.25, 0.3) is 0 Å². The first-order valence-electron chi connectivity index (χ1n) is 7.21. The molecule has 0 fully saturated rings. The molecule has 0 radical (unpaired) electrons. The van der Waals surface area contributed by atoms with Gasteiger partial charge in [-0.2, -0.15) is 10.2 Å². The summed E-state index contributed by atoms with van der Waals surface area (Å²) < 4.78 is 3.93. The molecule has 0 saturated carbocycles. The van der Waals surface area contributed by atoms with Crippen molar-refractivity contribution in [3.8, 4) is 0 Å². The van der Waals surface area contributed by atoms with Crippen molar-refractivity contribution in [2.45, 2.75) is 59.0 Å². The lowest BCUT2D eigenvalue weighted by atomic mass is 10.1. The predicted molar refractivity (Wildman–Crippen MR) is 80.0 cm³/mol. The van der Waals surface area contributed by atoms with Crippen LogP contribution in [0.2, 0.25) is 0 Å². The second-order valence-corrected chi connectivity index (χ2v) is 5.43. The third kappa shape index (κ3) is 2.73. The highest BCUT2D eigenvalue weighted by molar-refractivity contribution is 6.20. The molecule has 0 spiro atoms. The van der Waals surface area contributed by atoms with Crippen LogP contribution < -0.4 is 0 Å². The summed E-state index contributed by atoms with van der Waals surface area (Å²) in [5.74, 6) is 0.932. The molecule has 0 aliphatic carbocycles. The van der Waals surface area contributed by atoms with Crippen LogP contribution in [-0.4, -0.2) is 24.5 Å². The average molecular weight is 296 g/mol. The van der Waals surface area contributed by atoms with Gasteiger partial charge >= 0.3 is 0 Å². The van der Waals surface area contributed by atoms with Gasteiger partial charge in [-0.15, -0.1) is 11.6 Å². The van der Waals surface area contributed by atoms with Crippen molar-refractivity contribution in [1.29, 1.82) is 0 Å². The summed E-state index contributed by atoms with van der Waals surface area (Å²) in [4.78, 5) is 4.33. The van der Waals surface area contributed by atoms with Gasteiger partial charge in [-0.05, 0) is 26.7 Å². The number of halogens is 1. The number of rotatable bonds is 6. The van der Waals surface area contributed by atoms with Crippen LogP contribution in [0.1, 0.15) is 55.8 Å². The molecule has 6 heteroatoms. The van der Waals surface area contributed by atoms with Crippen LogP contribution in [-0.2, 0) is 25.9 Å². The molecule has 0 aliphatic heterocycles. The second-order valence-electron chi connectivity index (χ2n) is 4.78. The lowest BCUT2D eigenvalue weighted by Gasteiger charge is -2.09. The molecule has 5 nitrogen and oxygen atoms in total. The van der Waals surface area contributed by atoms with Crippen molar-refractivity contribution in [2.24, 2.45) is 0 Å². The Bertz CT molecular complexity index is 570. The molecule has 1 atom stereocenters. The maximum absolute atomic E-state index is 6.34. The summed E-state index contributed by atoms with van der Waals surface area (Å²) in [5.41, 5.74) is 3.47. The SMILES string of the molecule is CCc1nn(Cc2ncnn2CC)c(CC)c1C(C)Cl. The highest BCUT2D eigenvalue weighted by Crippen LogP contribution is 2.28. The van der Waals surface area contributed by atoms with Gasteiger partial charge in [0, 0.05) is 17.8 Å². The van der Waals surface area contributed by atoms with Crippen molar-refractivity contribution in [1.82, 2.24) is 24.5 Å². The fraction of sp³-hybridized carbons (Fsp3) is 0.643. The smallest absolute Gasteiger partial charge is 0.148 e. The van der Waals surface area contributed by atoms with E-state index in [1.165, 1.54) is 11.3 Å². The first kappa shape index (κ1) is 15.0. The van der Waals surface area contributed by atoms with Gasteiger partial charge in [-0.25, -0.2) is 9.67 Å². The standard InChI is InChI=1S/C14H22ClN5/c1-5-11-14(10(4)15)12(6-2)20(18-11)8-13-16-9-17-19(13)7-3/h9-10H,5-8H2,1-4H3. The van der Waals surface area contributed by atoms with Gasteiger partial charge in [0.25, 0.3) is 0 Å². The number of nitrogens with zero attached hydrogens (tertiary/aromatic N) is 5. The Kier molecular flexibility index (Phi) is 4.81. The molecule has 2 rings (SSSR count). The third-order valence-electron chi connectivity index (χ3n) is 3.53. The van der Waals surface area contributed by atoms with Crippen LogP contribution in [0, 0.1) is 0 Å². The quantitative estimate of drug-likeness (QED) is 0.770. The molecule has 2 heterocycles. The zero-order valence-corrected chi connectivity index (χ0v) is 13.4. The van der Waals surface area contributed by atoms with Crippen molar-refractivity contribution in [3.63, 3.8) is 0 Å². The van der Waals surface area contributed by atoms with E-state index in [0.717, 1.165) is 30.9 Å². The molecule has 0 N–H and O–H groups in total. The number of alkyl halides is 1. The summed E-state index contributed by atoms with van der Waals surface area (Å²) in [7, 11) is 0. The highest BCUT2D eigenvalue weighted by atomic mass is 35.5. The van der Waals surface area contributed by atoms with E-state index in [-0.39, 0.29) is 5.38 Å². The van der Waals surface area contributed by atoms with Crippen molar-refractivity contribution in [3.05, 3.63) is 29.1 Å². The van der Waals surface area contributed by atoms with Crippen LogP contribution >= 0.6 is 11.6 Å². The van der Waals surface area contributed by atoms with E-state index in [0.29, 0.717) is 6.54 Å². The van der Waals surface area contributed by atoms with Gasteiger partial charge in [0.1, 0.15) is 18.7 Å². The molecule has 1 unspecified atom stereocenters. The summed E-state index contributed by atoms with van der Waals surface area (Å²) in [5, 5.41) is 8.92. The van der Waals surface area contributed by atoms with Crippen molar-refractivity contribution >= 4 is 11.6 Å². The van der Waals surface area contributed by atoms with Gasteiger partial charge < -0.3 is 0 Å². The molecular weight excluding hydrogens is 274 g/mol. The first-order valence-corrected chi connectivity index (χ1v) is 7.65. The highest BCUT2D eigenvalue weighted by Gasteiger charge is 2.20. The molecular formula is C14H22ClN5. The normalized spacial score (nSPS) is 12.8. The number of aryl methyl sites for hydroxylation is 2. The molecule has 0 saturated heterocycles. The van der Waals surface area contributed by atoms with Crippen LogP contribution in [0.4, 0.5) is 0 Å². The minimum atomic E-state index is -0.0160. The molecule has 2 aromatic heterocycles. The van der Waals surface area contributed by atoms with Gasteiger partial charge in [0.2, 0.25) is 0 Å². The van der Waals surface area contributed by atoms with E-state index in [2.05, 4.69) is 30.9 Å². The summed E-state index contributed by atoms with van der Waals surface area (Å²) >= 11 is 6.34. The van der Waals surface area contributed by atoms with Crippen LogP contribution in [0.15, 0.2) is 6.33 Å². The Morgan fingerprint density at radius 1 is 1.20 bits per heavy atom. The predicted octanol–water partition coefficient (Wildman–Crippen LogP) is 2.97. The molecule has 2 aromatic rings. The molecule has 0 bridgehead atoms. The Hall–Kier alpha value is -1.36. The topological polar surface area (TPSA) is 48.5 Å². The zero-order valence-electron chi connectivity index (χ0n) is 12.6. The van der Waals surface area contributed by atoms with E-state index in [1.807, 2.05) is 16.3 Å². The minimum absolute atomic E-state index is 0.0160. The fourth-order valence-corrected chi connectivity index (χ4v) is 2.85. The maximum Gasteiger partial charge on any atom is 0.148 e. The molecule has 0 aliphatic rings. The minimum Gasteiger partial charge on any atom is -0.261 e. The third-order valence-corrected chi connectivity index (χ3v) is 3.75. The van der Waals surface area contributed by atoms with E-state index < -0.39 is 0 Å². The summed E-state index contributed by atoms with van der Waals surface area (Å²) in [6.45, 7) is 9.79. The molecule has 20 heavy (non-hydrogen) atoms. The van der Waals surface area contributed by atoms with E-state index in [1.54, 1.807) is 6.33 Å². The number of hydrogen-bond donors (Lipinski definition) is 0. The second kappa shape index (κ2) is 6.39. The molecule has 0 amide bonds. The Morgan fingerprint density at radius 3 is 2.50 bits per heavy atom. The number of hydrogen-bond acceptors (Lipinski definition) is 3. The first-order chi connectivity index (χ1) is 9.62. The zero-order chi connectivity index (χ0) is 14.7. The van der Waals surface area contributed by atoms with E-state index >= 15 is 0 Å². The van der Waals surface area contributed by atoms with Gasteiger partial charge in [0.15, 0.2) is 0 Å². The Labute approximate surface area is 125 Å². The average Bonchev–Trinajstić information content (AvgIpc) is 3.02. The van der Waals surface area contributed by atoms with Crippen molar-refractivity contribution in [2.75, 3.05) is 0 Å². The van der Waals surface area contributed by atoms with Crippen LogP contribution in [0.3, 0.4) is 0 Å². The molecule has 0 aromatic carbocycles. The summed E-state index contributed by atoms with van der Waals surface area (Å²) in [6, 6.07) is 0. The van der Waals surface area contributed by atoms with Gasteiger partial charge in [-0.3, -0.25) is 4.68 Å². The Morgan fingerprint density at radius 2 is 1.95 bits per heavy atom.